The average Bonchev–Trinajstić information content (AvgIpc) is 2.91. The number of hydrogen-bond acceptors (Lipinski definition) is 5. The summed E-state index contributed by atoms with van der Waals surface area (Å²) in [5, 5.41) is 14.1. The van der Waals surface area contributed by atoms with E-state index in [0.717, 1.165) is 0 Å². The van der Waals surface area contributed by atoms with Crippen LogP contribution in [0.2, 0.25) is 0 Å². The lowest BCUT2D eigenvalue weighted by atomic mass is 10.2. The minimum Gasteiger partial charge on any atom is -0.459 e. The zero-order chi connectivity index (χ0) is 14.3. The molecule has 0 radical (unpaired) electrons. The van der Waals surface area contributed by atoms with Crippen LogP contribution in [0.5, 0.6) is 0 Å². The fraction of sp³-hybridized carbons (Fsp3) is 0.500. The van der Waals surface area contributed by atoms with E-state index >= 15 is 0 Å². The first-order valence-electron chi connectivity index (χ1n) is 5.83. The third-order valence-electron chi connectivity index (χ3n) is 2.42. The van der Waals surface area contributed by atoms with Gasteiger partial charge in [0.15, 0.2) is 5.76 Å². The van der Waals surface area contributed by atoms with E-state index in [1.807, 2.05) is 0 Å². The van der Waals surface area contributed by atoms with Gasteiger partial charge >= 0.3 is 0 Å². The average molecular weight is 270 g/mol. The molecule has 1 heterocycles. The zero-order valence-electron chi connectivity index (χ0n) is 10.9. The fourth-order valence-electron chi connectivity index (χ4n) is 1.41. The van der Waals surface area contributed by atoms with Crippen molar-refractivity contribution in [3.8, 4) is 0 Å². The van der Waals surface area contributed by atoms with Gasteiger partial charge in [0.25, 0.3) is 5.91 Å². The minimum absolute atomic E-state index is 0.134. The van der Waals surface area contributed by atoms with Crippen molar-refractivity contribution >= 4 is 11.8 Å². The van der Waals surface area contributed by atoms with Gasteiger partial charge < -0.3 is 24.9 Å². The second-order valence-corrected chi connectivity index (χ2v) is 4.02. The number of aliphatic hydroxyl groups excluding tert-OH is 1. The molecule has 0 aliphatic rings. The molecule has 0 aromatic carbocycles. The number of ether oxygens (including phenoxy) is 1. The molecule has 3 N–H and O–H groups in total. The highest BCUT2D eigenvalue weighted by atomic mass is 16.5. The van der Waals surface area contributed by atoms with Crippen LogP contribution < -0.4 is 10.6 Å². The first-order valence-corrected chi connectivity index (χ1v) is 5.83. The normalized spacial score (nSPS) is 13.6. The predicted octanol–water partition coefficient (Wildman–Crippen LogP) is -0.479. The largest absolute Gasteiger partial charge is 0.459 e. The lowest BCUT2D eigenvalue weighted by molar-refractivity contribution is -0.124. The van der Waals surface area contributed by atoms with E-state index in [0.29, 0.717) is 0 Å². The van der Waals surface area contributed by atoms with Crippen molar-refractivity contribution in [3.63, 3.8) is 0 Å². The lowest BCUT2D eigenvalue weighted by Crippen LogP contribution is -2.50. The summed E-state index contributed by atoms with van der Waals surface area (Å²) >= 11 is 0. The number of carbonyl (C=O) groups is 2. The number of amides is 2. The number of hydrogen-bond donors (Lipinski definition) is 3. The Morgan fingerprint density at radius 2 is 2.21 bits per heavy atom. The molecule has 19 heavy (non-hydrogen) atoms. The molecule has 0 bridgehead atoms. The zero-order valence-corrected chi connectivity index (χ0v) is 10.9. The van der Waals surface area contributed by atoms with Crippen molar-refractivity contribution in [2.24, 2.45) is 0 Å². The molecule has 0 saturated heterocycles. The SMILES string of the molecule is COCC(CO)NC(=O)C(C)NC(=O)c1ccco1. The highest BCUT2D eigenvalue weighted by molar-refractivity contribution is 5.95. The maximum Gasteiger partial charge on any atom is 0.287 e. The van der Waals surface area contributed by atoms with Gasteiger partial charge in [-0.2, -0.15) is 0 Å². The van der Waals surface area contributed by atoms with Crippen LogP contribution in [0.4, 0.5) is 0 Å². The smallest absolute Gasteiger partial charge is 0.287 e. The first kappa shape index (κ1) is 15.2. The highest BCUT2D eigenvalue weighted by Crippen LogP contribution is 2.00. The molecule has 7 heteroatoms. The lowest BCUT2D eigenvalue weighted by Gasteiger charge is -2.19. The van der Waals surface area contributed by atoms with E-state index in [1.165, 1.54) is 26.4 Å². The van der Waals surface area contributed by atoms with Gasteiger partial charge in [0, 0.05) is 7.11 Å². The van der Waals surface area contributed by atoms with Crippen LogP contribution in [0.15, 0.2) is 22.8 Å². The number of rotatable bonds is 7. The van der Waals surface area contributed by atoms with Gasteiger partial charge in [0.1, 0.15) is 6.04 Å². The predicted molar refractivity (Wildman–Crippen MR) is 66.5 cm³/mol. The van der Waals surface area contributed by atoms with E-state index in [4.69, 9.17) is 14.3 Å². The number of nitrogens with one attached hydrogen (secondary N) is 2. The Morgan fingerprint density at radius 3 is 2.74 bits per heavy atom. The van der Waals surface area contributed by atoms with Gasteiger partial charge in [0.2, 0.25) is 5.91 Å². The quantitative estimate of drug-likeness (QED) is 0.621. The first-order chi connectivity index (χ1) is 9.08. The van der Waals surface area contributed by atoms with Gasteiger partial charge in [-0.1, -0.05) is 0 Å². The molecule has 0 fully saturated rings. The Kier molecular flexibility index (Phi) is 6.04. The Morgan fingerprint density at radius 1 is 1.47 bits per heavy atom. The molecule has 106 valence electrons. The van der Waals surface area contributed by atoms with Crippen LogP contribution in [0, 0.1) is 0 Å². The standard InChI is InChI=1S/C12H18N2O5/c1-8(11(16)14-9(6-15)7-18-2)13-12(17)10-4-3-5-19-10/h3-5,8-9,15H,6-7H2,1-2H3,(H,13,17)(H,14,16). The summed E-state index contributed by atoms with van der Waals surface area (Å²) < 4.78 is 9.75. The molecule has 0 spiro atoms. The van der Waals surface area contributed by atoms with E-state index in [1.54, 1.807) is 6.07 Å². The van der Waals surface area contributed by atoms with E-state index in [-0.39, 0.29) is 19.0 Å². The fourth-order valence-corrected chi connectivity index (χ4v) is 1.41. The molecule has 0 aliphatic heterocycles. The molecular weight excluding hydrogens is 252 g/mol. The number of carbonyl (C=O) groups excluding carboxylic acids is 2. The molecule has 7 nitrogen and oxygen atoms in total. The highest BCUT2D eigenvalue weighted by Gasteiger charge is 2.20. The molecule has 2 amide bonds. The van der Waals surface area contributed by atoms with E-state index in [9.17, 15) is 9.59 Å². The molecule has 1 rings (SSSR count). The summed E-state index contributed by atoms with van der Waals surface area (Å²) in [5.41, 5.74) is 0. The topological polar surface area (TPSA) is 101 Å². The Bertz CT molecular complexity index is 404. The third kappa shape index (κ3) is 4.72. The van der Waals surface area contributed by atoms with Crippen LogP contribution in [0.25, 0.3) is 0 Å². The molecule has 2 atom stereocenters. The van der Waals surface area contributed by atoms with Gasteiger partial charge in [-0.05, 0) is 19.1 Å². The van der Waals surface area contributed by atoms with Crippen molar-refractivity contribution in [2.45, 2.75) is 19.0 Å². The molecule has 2 unspecified atom stereocenters. The second kappa shape index (κ2) is 7.55. The van der Waals surface area contributed by atoms with Crippen molar-refractivity contribution in [3.05, 3.63) is 24.2 Å². The van der Waals surface area contributed by atoms with Crippen LogP contribution in [0.3, 0.4) is 0 Å². The number of methoxy groups -OCH3 is 1. The number of furan rings is 1. The third-order valence-corrected chi connectivity index (χ3v) is 2.42. The monoisotopic (exact) mass is 270 g/mol. The number of aliphatic hydroxyl groups is 1. The maximum absolute atomic E-state index is 11.8. The van der Waals surface area contributed by atoms with Crippen LogP contribution in [-0.2, 0) is 9.53 Å². The van der Waals surface area contributed by atoms with Crippen molar-refractivity contribution in [2.75, 3.05) is 20.3 Å². The summed E-state index contributed by atoms with van der Waals surface area (Å²) in [4.78, 5) is 23.4. The van der Waals surface area contributed by atoms with E-state index in [2.05, 4.69) is 10.6 Å². The molecule has 1 aromatic heterocycles. The summed E-state index contributed by atoms with van der Waals surface area (Å²) in [7, 11) is 1.47. The van der Waals surface area contributed by atoms with E-state index < -0.39 is 23.9 Å². The van der Waals surface area contributed by atoms with Gasteiger partial charge in [-0.25, -0.2) is 0 Å². The summed E-state index contributed by atoms with van der Waals surface area (Å²) in [6.45, 7) is 1.50. The molecule has 1 aromatic rings. The van der Waals surface area contributed by atoms with Gasteiger partial charge in [-0.3, -0.25) is 9.59 Å². The minimum atomic E-state index is -0.747. The summed E-state index contributed by atoms with van der Waals surface area (Å²) in [6.07, 6.45) is 1.38. The van der Waals surface area contributed by atoms with Crippen LogP contribution >= 0.6 is 0 Å². The Hall–Kier alpha value is -1.86. The van der Waals surface area contributed by atoms with Gasteiger partial charge in [-0.15, -0.1) is 0 Å². The van der Waals surface area contributed by atoms with Crippen molar-refractivity contribution in [1.29, 1.82) is 0 Å². The van der Waals surface area contributed by atoms with Crippen molar-refractivity contribution in [1.82, 2.24) is 10.6 Å². The molecular formula is C12H18N2O5. The molecule has 0 aliphatic carbocycles. The van der Waals surface area contributed by atoms with Crippen LogP contribution in [-0.4, -0.2) is 49.3 Å². The summed E-state index contributed by atoms with van der Waals surface area (Å²) in [6, 6.07) is 1.84. The summed E-state index contributed by atoms with van der Waals surface area (Å²) in [5.74, 6) is -0.744. The molecule has 0 saturated carbocycles. The Labute approximate surface area is 110 Å². The van der Waals surface area contributed by atoms with Crippen molar-refractivity contribution < 1.29 is 23.8 Å². The maximum atomic E-state index is 11.8. The van der Waals surface area contributed by atoms with Gasteiger partial charge in [0.05, 0.1) is 25.5 Å². The Balaban J connectivity index is 2.46. The second-order valence-electron chi connectivity index (χ2n) is 4.02. The van der Waals surface area contributed by atoms with Crippen LogP contribution in [0.1, 0.15) is 17.5 Å².